The SMILES string of the molecule is NCCOCCOCCOCCNC(=O)c1cc(C(=O)NCCO)cc(C(=O)NCCO)c1. The number of aliphatic hydroxyl groups excluding tert-OH is 2. The highest BCUT2D eigenvalue weighted by Gasteiger charge is 2.16. The monoisotopic (exact) mass is 470 g/mol. The molecule has 0 radical (unpaired) electrons. The lowest BCUT2D eigenvalue weighted by Gasteiger charge is -2.11. The first-order valence-electron chi connectivity index (χ1n) is 10.7. The number of ether oxygens (including phenoxy) is 3. The Morgan fingerprint density at radius 1 is 0.636 bits per heavy atom. The van der Waals surface area contributed by atoms with Crippen LogP contribution >= 0.6 is 0 Å². The second-order valence-electron chi connectivity index (χ2n) is 6.64. The fourth-order valence-corrected chi connectivity index (χ4v) is 2.53. The van der Waals surface area contributed by atoms with Gasteiger partial charge >= 0.3 is 0 Å². The van der Waals surface area contributed by atoms with Gasteiger partial charge in [-0.25, -0.2) is 0 Å². The van der Waals surface area contributed by atoms with Crippen molar-refractivity contribution in [2.45, 2.75) is 0 Å². The fourth-order valence-electron chi connectivity index (χ4n) is 2.53. The number of nitrogens with one attached hydrogen (secondary N) is 3. The van der Waals surface area contributed by atoms with Crippen LogP contribution in [-0.2, 0) is 14.2 Å². The fraction of sp³-hybridized carbons (Fsp3) is 0.571. The summed E-state index contributed by atoms with van der Waals surface area (Å²) in [5.74, 6) is -1.56. The number of benzene rings is 1. The summed E-state index contributed by atoms with van der Waals surface area (Å²) in [5, 5.41) is 25.4. The number of hydrogen-bond donors (Lipinski definition) is 6. The Kier molecular flexibility index (Phi) is 15.4. The molecular formula is C21H34N4O8. The van der Waals surface area contributed by atoms with Crippen molar-refractivity contribution in [3.05, 3.63) is 34.9 Å². The van der Waals surface area contributed by atoms with Crippen LogP contribution < -0.4 is 21.7 Å². The van der Waals surface area contributed by atoms with Crippen LogP contribution in [0.3, 0.4) is 0 Å². The van der Waals surface area contributed by atoms with Crippen molar-refractivity contribution in [1.82, 2.24) is 16.0 Å². The standard InChI is InChI=1S/C21H34N4O8/c22-1-7-31-9-11-33-12-10-32-8-4-25-21(30)18-14-16(19(28)23-2-5-26)13-17(15-18)20(29)24-3-6-27/h13-15,26-27H,1-12,22H2,(H,23,28)(H,24,29)(H,25,30). The average molecular weight is 471 g/mol. The molecule has 0 aliphatic carbocycles. The highest BCUT2D eigenvalue weighted by atomic mass is 16.5. The number of rotatable bonds is 18. The van der Waals surface area contributed by atoms with Crippen LogP contribution in [0.1, 0.15) is 31.1 Å². The van der Waals surface area contributed by atoms with E-state index in [0.29, 0.717) is 39.6 Å². The van der Waals surface area contributed by atoms with Crippen molar-refractivity contribution >= 4 is 17.7 Å². The summed E-state index contributed by atoms with van der Waals surface area (Å²) >= 11 is 0. The highest BCUT2D eigenvalue weighted by molar-refractivity contribution is 6.04. The van der Waals surface area contributed by atoms with Gasteiger partial charge in [-0.05, 0) is 18.2 Å². The molecule has 1 rings (SSSR count). The normalized spacial score (nSPS) is 10.6. The van der Waals surface area contributed by atoms with Gasteiger partial charge in [0.1, 0.15) is 0 Å². The summed E-state index contributed by atoms with van der Waals surface area (Å²) in [5.41, 5.74) is 5.60. The Morgan fingerprint density at radius 2 is 1.00 bits per heavy atom. The number of aliphatic hydroxyl groups is 2. The van der Waals surface area contributed by atoms with E-state index in [0.717, 1.165) is 0 Å². The number of hydrogen-bond acceptors (Lipinski definition) is 9. The molecule has 0 fully saturated rings. The molecule has 0 unspecified atom stereocenters. The van der Waals surface area contributed by atoms with E-state index in [4.69, 9.17) is 30.2 Å². The molecule has 0 aromatic heterocycles. The molecule has 0 saturated heterocycles. The van der Waals surface area contributed by atoms with E-state index in [1.165, 1.54) is 18.2 Å². The van der Waals surface area contributed by atoms with Gasteiger partial charge in [-0.3, -0.25) is 14.4 Å². The van der Waals surface area contributed by atoms with Gasteiger partial charge in [-0.15, -0.1) is 0 Å². The van der Waals surface area contributed by atoms with Crippen molar-refractivity contribution in [1.29, 1.82) is 0 Å². The number of amides is 3. The van der Waals surface area contributed by atoms with Gasteiger partial charge in [0.15, 0.2) is 0 Å². The van der Waals surface area contributed by atoms with Gasteiger partial charge in [0.05, 0.1) is 52.9 Å². The second-order valence-corrected chi connectivity index (χ2v) is 6.64. The largest absolute Gasteiger partial charge is 0.395 e. The van der Waals surface area contributed by atoms with E-state index in [2.05, 4.69) is 16.0 Å². The average Bonchev–Trinajstić information content (AvgIpc) is 2.83. The van der Waals surface area contributed by atoms with Crippen molar-refractivity contribution in [3.63, 3.8) is 0 Å². The number of carbonyl (C=O) groups is 3. The second kappa shape index (κ2) is 17.9. The van der Waals surface area contributed by atoms with Gasteiger partial charge in [0, 0.05) is 42.9 Å². The van der Waals surface area contributed by atoms with Crippen LogP contribution in [0.25, 0.3) is 0 Å². The molecule has 0 aliphatic heterocycles. The lowest BCUT2D eigenvalue weighted by Crippen LogP contribution is -2.31. The van der Waals surface area contributed by atoms with Crippen LogP contribution in [0.15, 0.2) is 18.2 Å². The highest BCUT2D eigenvalue weighted by Crippen LogP contribution is 2.11. The van der Waals surface area contributed by atoms with Crippen LogP contribution in [0.2, 0.25) is 0 Å². The van der Waals surface area contributed by atoms with Crippen LogP contribution in [0.4, 0.5) is 0 Å². The molecule has 7 N–H and O–H groups in total. The Balaban J connectivity index is 2.55. The van der Waals surface area contributed by atoms with Gasteiger partial charge in [0.25, 0.3) is 17.7 Å². The number of carbonyl (C=O) groups excluding carboxylic acids is 3. The molecule has 1 aromatic rings. The minimum absolute atomic E-state index is 0.0308. The van der Waals surface area contributed by atoms with Crippen LogP contribution in [-0.4, -0.2) is 107 Å². The molecule has 3 amide bonds. The summed E-state index contributed by atoms with van der Waals surface area (Å²) in [6.45, 7) is 2.63. The molecular weight excluding hydrogens is 436 g/mol. The molecule has 12 heteroatoms. The van der Waals surface area contributed by atoms with Crippen molar-refractivity contribution < 1.29 is 38.8 Å². The predicted molar refractivity (Wildman–Crippen MR) is 119 cm³/mol. The summed E-state index contributed by atoms with van der Waals surface area (Å²) in [7, 11) is 0. The first-order chi connectivity index (χ1) is 16.0. The molecule has 186 valence electrons. The topological polar surface area (TPSA) is 181 Å². The predicted octanol–water partition coefficient (Wildman–Crippen LogP) is -2.13. The lowest BCUT2D eigenvalue weighted by atomic mass is 10.0. The van der Waals surface area contributed by atoms with Gasteiger partial charge in [0.2, 0.25) is 0 Å². The van der Waals surface area contributed by atoms with E-state index in [1.807, 2.05) is 0 Å². The molecule has 12 nitrogen and oxygen atoms in total. The van der Waals surface area contributed by atoms with Gasteiger partial charge in [-0.1, -0.05) is 0 Å². The quantitative estimate of drug-likeness (QED) is 0.131. The third-order valence-corrected chi connectivity index (χ3v) is 4.05. The zero-order chi connectivity index (χ0) is 24.3. The molecule has 0 spiro atoms. The third-order valence-electron chi connectivity index (χ3n) is 4.05. The van der Waals surface area contributed by atoms with E-state index >= 15 is 0 Å². The summed E-state index contributed by atoms with van der Waals surface area (Å²) < 4.78 is 15.9. The zero-order valence-electron chi connectivity index (χ0n) is 18.6. The van der Waals surface area contributed by atoms with Gasteiger partial charge in [-0.2, -0.15) is 0 Å². The molecule has 0 heterocycles. The molecule has 33 heavy (non-hydrogen) atoms. The first-order valence-corrected chi connectivity index (χ1v) is 10.7. The van der Waals surface area contributed by atoms with E-state index in [1.54, 1.807) is 0 Å². The Morgan fingerprint density at radius 3 is 1.39 bits per heavy atom. The van der Waals surface area contributed by atoms with Gasteiger partial charge < -0.3 is 46.1 Å². The van der Waals surface area contributed by atoms with Crippen molar-refractivity contribution in [2.75, 3.05) is 79.0 Å². The molecule has 0 saturated carbocycles. The Labute approximate surface area is 192 Å². The minimum atomic E-state index is -0.535. The smallest absolute Gasteiger partial charge is 0.251 e. The lowest BCUT2D eigenvalue weighted by molar-refractivity contribution is 0.0166. The summed E-state index contributed by atoms with van der Waals surface area (Å²) in [6.07, 6.45) is 0. The van der Waals surface area contributed by atoms with Crippen LogP contribution in [0, 0.1) is 0 Å². The summed E-state index contributed by atoms with van der Waals surface area (Å²) in [4.78, 5) is 37.0. The van der Waals surface area contributed by atoms with Crippen molar-refractivity contribution in [2.24, 2.45) is 5.73 Å². The summed E-state index contributed by atoms with van der Waals surface area (Å²) in [6, 6.07) is 4.04. The minimum Gasteiger partial charge on any atom is -0.395 e. The molecule has 1 aromatic carbocycles. The molecule has 0 bridgehead atoms. The van der Waals surface area contributed by atoms with Crippen molar-refractivity contribution in [3.8, 4) is 0 Å². The Bertz CT molecular complexity index is 694. The van der Waals surface area contributed by atoms with E-state index < -0.39 is 17.7 Å². The maximum absolute atomic E-state index is 12.5. The van der Waals surface area contributed by atoms with E-state index in [9.17, 15) is 14.4 Å². The number of nitrogens with two attached hydrogens (primary N) is 1. The zero-order valence-corrected chi connectivity index (χ0v) is 18.6. The Hall–Kier alpha value is -2.61. The molecule has 0 aliphatic rings. The van der Waals surface area contributed by atoms with Crippen LogP contribution in [0.5, 0.6) is 0 Å². The van der Waals surface area contributed by atoms with E-state index in [-0.39, 0.29) is 56.1 Å². The maximum Gasteiger partial charge on any atom is 0.251 e. The first kappa shape index (κ1) is 28.4. The third kappa shape index (κ3) is 12.3. The molecule has 0 atom stereocenters. The maximum atomic E-state index is 12.5.